The van der Waals surface area contributed by atoms with Gasteiger partial charge in [0.2, 0.25) is 5.72 Å². The van der Waals surface area contributed by atoms with E-state index < -0.39 is 52.1 Å². The Balaban J connectivity index is 0.000000367. The van der Waals surface area contributed by atoms with E-state index in [2.05, 4.69) is 10.1 Å². The minimum Gasteiger partial charge on any atom is -0.724 e. The minimum atomic E-state index is -1.97. The molecule has 3 N–H and O–H groups in total. The highest BCUT2D eigenvalue weighted by Crippen LogP contribution is 2.42. The number of aliphatic hydroxyl groups is 2. The van der Waals surface area contributed by atoms with Gasteiger partial charge in [0.05, 0.1) is 64.9 Å². The van der Waals surface area contributed by atoms with Gasteiger partial charge in [0, 0.05) is 0 Å². The van der Waals surface area contributed by atoms with Gasteiger partial charge in [0.1, 0.15) is 29.6 Å². The Labute approximate surface area is 205 Å². The van der Waals surface area contributed by atoms with Gasteiger partial charge in [-0.25, -0.2) is 12.9 Å². The Kier molecular flexibility index (Phi) is 12.1. The van der Waals surface area contributed by atoms with Crippen LogP contribution >= 0.6 is 0 Å². The van der Waals surface area contributed by atoms with E-state index >= 15 is 0 Å². The Morgan fingerprint density at radius 1 is 1.20 bits per heavy atom. The van der Waals surface area contributed by atoms with Gasteiger partial charge in [-0.2, -0.15) is 0 Å². The van der Waals surface area contributed by atoms with Crippen molar-refractivity contribution in [2.24, 2.45) is 0 Å². The number of methoxy groups -OCH3 is 1. The van der Waals surface area contributed by atoms with E-state index in [1.807, 2.05) is 20.8 Å². The predicted octanol–water partition coefficient (Wildman–Crippen LogP) is -1.61. The van der Waals surface area contributed by atoms with Crippen LogP contribution in [0.15, 0.2) is 0 Å². The van der Waals surface area contributed by atoms with Gasteiger partial charge in [0.15, 0.2) is 5.60 Å². The van der Waals surface area contributed by atoms with Crippen LogP contribution in [0.3, 0.4) is 0 Å². The van der Waals surface area contributed by atoms with Crippen molar-refractivity contribution in [2.45, 2.75) is 50.4 Å². The van der Waals surface area contributed by atoms with Gasteiger partial charge >= 0.3 is 6.09 Å². The van der Waals surface area contributed by atoms with Gasteiger partial charge in [0.25, 0.3) is 0 Å². The molecule has 0 bridgehead atoms. The maximum absolute atomic E-state index is 11.6. The SMILES string of the molecule is CC[N+](CC)(CC)S(=O)[O-].COC(=O)NC1([C@@]2(O)CO[C@@H]3[C@H](O)CO[C@@H]32)COCCO1.O=[N+]([O-])[O-]. The van der Waals surface area contributed by atoms with Crippen molar-refractivity contribution in [1.29, 1.82) is 0 Å². The van der Waals surface area contributed by atoms with Crippen LogP contribution in [0, 0.1) is 15.3 Å². The largest absolute Gasteiger partial charge is 0.724 e. The summed E-state index contributed by atoms with van der Waals surface area (Å²) in [6, 6.07) is 0. The molecule has 0 aromatic rings. The van der Waals surface area contributed by atoms with Gasteiger partial charge in [-0.1, -0.05) is 0 Å². The molecule has 0 saturated carbocycles. The van der Waals surface area contributed by atoms with Gasteiger partial charge in [-0.05, 0) is 20.8 Å². The number of nitrogens with zero attached hydrogens (tertiary/aromatic N) is 2. The lowest BCUT2D eigenvalue weighted by molar-refractivity contribution is -0.800. The molecule has 16 nitrogen and oxygen atoms in total. The quantitative estimate of drug-likeness (QED) is 0.152. The van der Waals surface area contributed by atoms with Crippen LogP contribution in [0.5, 0.6) is 0 Å². The molecule has 3 heterocycles. The van der Waals surface area contributed by atoms with E-state index in [9.17, 15) is 23.8 Å². The summed E-state index contributed by atoms with van der Waals surface area (Å²) in [5.74, 6) is 0. The van der Waals surface area contributed by atoms with Crippen LogP contribution in [0.1, 0.15) is 20.8 Å². The average molecular weight is 533 g/mol. The predicted molar refractivity (Wildman–Crippen MR) is 117 cm³/mol. The van der Waals surface area contributed by atoms with Gasteiger partial charge in [-0.15, -0.1) is 0 Å². The van der Waals surface area contributed by atoms with E-state index in [-0.39, 0.29) is 30.3 Å². The molecule has 35 heavy (non-hydrogen) atoms. The molecule has 0 aliphatic carbocycles. The molecule has 2 unspecified atom stereocenters. The third-order valence-electron chi connectivity index (χ3n) is 6.21. The molecule has 3 aliphatic heterocycles. The second-order valence-electron chi connectivity index (χ2n) is 7.81. The van der Waals surface area contributed by atoms with E-state index in [0.717, 1.165) is 0 Å². The Bertz CT molecular complexity index is 707. The number of carbonyl (C=O) groups is 1. The molecule has 6 atom stereocenters. The number of rotatable bonds is 6. The normalized spacial score (nSPS) is 32.7. The lowest BCUT2D eigenvalue weighted by atomic mass is 9.84. The monoisotopic (exact) mass is 532 g/mol. The lowest BCUT2D eigenvalue weighted by Crippen LogP contribution is -2.74. The summed E-state index contributed by atoms with van der Waals surface area (Å²) in [6.45, 7) is 7.99. The zero-order valence-electron chi connectivity index (χ0n) is 20.1. The Hall–Kier alpha value is -1.70. The molecular formula is C18H34N3O13S-. The highest BCUT2D eigenvalue weighted by molar-refractivity contribution is 7.73. The van der Waals surface area contributed by atoms with Crippen molar-refractivity contribution >= 4 is 17.4 Å². The van der Waals surface area contributed by atoms with Crippen molar-refractivity contribution in [3.8, 4) is 0 Å². The number of alkyl carbamates (subject to hydrolysis) is 1. The van der Waals surface area contributed by atoms with E-state index in [4.69, 9.17) is 34.3 Å². The molecule has 3 aliphatic rings. The number of aliphatic hydroxyl groups excluding tert-OH is 1. The molecular weight excluding hydrogens is 498 g/mol. The summed E-state index contributed by atoms with van der Waals surface area (Å²) in [7, 11) is 1.21. The molecule has 3 rings (SSSR count). The number of fused-ring (bicyclic) bond motifs is 1. The van der Waals surface area contributed by atoms with Crippen molar-refractivity contribution in [3.05, 3.63) is 15.3 Å². The maximum atomic E-state index is 11.6. The number of nitrogens with one attached hydrogen (secondary N) is 1. The summed E-state index contributed by atoms with van der Waals surface area (Å²) >= 11 is -1.97. The third-order valence-corrected chi connectivity index (χ3v) is 7.61. The fourth-order valence-electron chi connectivity index (χ4n) is 4.02. The molecule has 0 radical (unpaired) electrons. The average Bonchev–Trinajstić information content (AvgIpc) is 3.37. The maximum Gasteiger partial charge on any atom is 0.409 e. The Morgan fingerprint density at radius 2 is 1.77 bits per heavy atom. The topological polar surface area (TPSA) is 222 Å². The molecule has 0 spiro atoms. The number of ether oxygens (including phenoxy) is 5. The third kappa shape index (κ3) is 7.17. The summed E-state index contributed by atoms with van der Waals surface area (Å²) in [5.41, 5.74) is -3.24. The number of carbonyl (C=O) groups excluding carboxylic acids is 1. The number of hydrogen-bond donors (Lipinski definition) is 3. The summed E-state index contributed by atoms with van der Waals surface area (Å²) < 4.78 is 48.0. The van der Waals surface area contributed by atoms with E-state index in [1.54, 1.807) is 0 Å². The number of hydrogen-bond acceptors (Lipinski definition) is 13. The van der Waals surface area contributed by atoms with Crippen molar-refractivity contribution in [3.63, 3.8) is 0 Å². The van der Waals surface area contributed by atoms with Crippen LogP contribution in [0.4, 0.5) is 4.79 Å². The van der Waals surface area contributed by atoms with Gasteiger partial charge < -0.3 is 53.8 Å². The van der Waals surface area contributed by atoms with Crippen LogP contribution in [0.25, 0.3) is 0 Å². The first kappa shape index (κ1) is 31.3. The lowest BCUT2D eigenvalue weighted by Gasteiger charge is -2.47. The van der Waals surface area contributed by atoms with Crippen LogP contribution in [0.2, 0.25) is 0 Å². The smallest absolute Gasteiger partial charge is 0.409 e. The highest BCUT2D eigenvalue weighted by Gasteiger charge is 2.67. The fourth-order valence-corrected chi connectivity index (χ4v) is 4.65. The van der Waals surface area contributed by atoms with Crippen molar-refractivity contribution < 1.29 is 56.4 Å². The second-order valence-corrected chi connectivity index (χ2v) is 9.02. The minimum absolute atomic E-state index is 0.0484. The fraction of sp³-hybridized carbons (Fsp3) is 0.944. The van der Waals surface area contributed by atoms with Crippen molar-refractivity contribution in [2.75, 3.05) is 59.8 Å². The van der Waals surface area contributed by atoms with Crippen LogP contribution < -0.4 is 5.32 Å². The molecule has 206 valence electrons. The Morgan fingerprint density at radius 3 is 2.17 bits per heavy atom. The summed E-state index contributed by atoms with van der Waals surface area (Å²) in [4.78, 5) is 19.9. The first-order chi connectivity index (χ1) is 16.4. The summed E-state index contributed by atoms with van der Waals surface area (Å²) in [5, 5.41) is 38.1. The highest BCUT2D eigenvalue weighted by atomic mass is 32.2. The standard InChI is InChI=1S/C12H19NO8.C6H15NO2S.NO3/c1-17-10(15)13-12(6-18-2-3-21-12)11(16)5-20-8-7(14)4-19-9(8)11;1-4-7(5-2,6-3)10(8)9;2-1(3)4/h7-9,14,16H,2-6H2,1H3,(H,13,15);4-6H2,1-3H3;/q;;-1/t7-,8-,9+,11-,12?;;/m1../s1. The van der Waals surface area contributed by atoms with E-state index in [1.165, 1.54) is 7.11 Å². The van der Waals surface area contributed by atoms with Crippen molar-refractivity contribution in [1.82, 2.24) is 5.32 Å². The number of quaternary nitrogens is 1. The summed E-state index contributed by atoms with van der Waals surface area (Å²) in [6.07, 6.45) is -3.09. The molecule has 3 saturated heterocycles. The van der Waals surface area contributed by atoms with Crippen LogP contribution in [-0.4, -0.2) is 123 Å². The first-order valence-electron chi connectivity index (χ1n) is 10.9. The molecule has 1 amide bonds. The molecule has 3 fully saturated rings. The zero-order valence-corrected chi connectivity index (χ0v) is 20.9. The molecule has 0 aromatic heterocycles. The zero-order chi connectivity index (χ0) is 26.9. The van der Waals surface area contributed by atoms with E-state index in [0.29, 0.717) is 26.2 Å². The number of amides is 1. The van der Waals surface area contributed by atoms with Gasteiger partial charge in [-0.3, -0.25) is 5.32 Å². The molecule has 0 aromatic carbocycles. The van der Waals surface area contributed by atoms with Crippen LogP contribution in [-0.2, 0) is 35.0 Å². The second kappa shape index (κ2) is 13.6. The molecule has 17 heteroatoms. The first-order valence-corrected chi connectivity index (χ1v) is 11.9.